The summed E-state index contributed by atoms with van der Waals surface area (Å²) in [6, 6.07) is 6.57. The van der Waals surface area contributed by atoms with E-state index in [-0.39, 0.29) is 0 Å². The van der Waals surface area contributed by atoms with E-state index in [1.54, 1.807) is 0 Å². The number of aryl methyl sites for hydroxylation is 1. The van der Waals surface area contributed by atoms with E-state index < -0.39 is 0 Å². The Balaban J connectivity index is 2.39. The van der Waals surface area contributed by atoms with Gasteiger partial charge >= 0.3 is 0 Å². The molecule has 0 fully saturated rings. The van der Waals surface area contributed by atoms with Crippen molar-refractivity contribution in [2.24, 2.45) is 0 Å². The van der Waals surface area contributed by atoms with E-state index >= 15 is 0 Å². The molecule has 0 aliphatic rings. The van der Waals surface area contributed by atoms with Gasteiger partial charge in [-0.2, -0.15) is 0 Å². The zero-order valence-corrected chi connectivity index (χ0v) is 12.5. The molecule has 0 atom stereocenters. The van der Waals surface area contributed by atoms with Crippen molar-refractivity contribution in [3.05, 3.63) is 29.3 Å². The van der Waals surface area contributed by atoms with E-state index in [1.807, 2.05) is 0 Å². The number of hydrogen-bond donors (Lipinski definition) is 0. The van der Waals surface area contributed by atoms with Gasteiger partial charge in [0.25, 0.3) is 0 Å². The number of benzene rings is 1. The van der Waals surface area contributed by atoms with Crippen molar-refractivity contribution in [2.75, 3.05) is 6.61 Å². The molecule has 0 bridgehead atoms. The summed E-state index contributed by atoms with van der Waals surface area (Å²) in [5.41, 5.74) is 2.61. The van der Waals surface area contributed by atoms with Crippen LogP contribution in [-0.4, -0.2) is 6.61 Å². The first kappa shape index (κ1) is 15.1. The zero-order valence-electron chi connectivity index (χ0n) is 12.5. The van der Waals surface area contributed by atoms with Crippen LogP contribution in [0.2, 0.25) is 0 Å². The molecular weight excluding hydrogens is 220 g/mol. The van der Waals surface area contributed by atoms with Crippen LogP contribution in [0.5, 0.6) is 5.75 Å². The highest BCUT2D eigenvalue weighted by Crippen LogP contribution is 2.24. The van der Waals surface area contributed by atoms with Gasteiger partial charge in [-0.1, -0.05) is 58.6 Å². The lowest BCUT2D eigenvalue weighted by Crippen LogP contribution is -2.00. The SMILES string of the molecule is CCCCCCCOc1cc(C(C)C)ccc1C. The van der Waals surface area contributed by atoms with Crippen LogP contribution in [0.1, 0.15) is 69.9 Å². The van der Waals surface area contributed by atoms with E-state index in [0.29, 0.717) is 5.92 Å². The Hall–Kier alpha value is -0.980. The van der Waals surface area contributed by atoms with Crippen LogP contribution < -0.4 is 4.74 Å². The standard InChI is InChI=1S/C17H28O/c1-5-6-7-8-9-12-18-17-13-16(14(2)3)11-10-15(17)4/h10-11,13-14H,5-9,12H2,1-4H3. The molecule has 1 rings (SSSR count). The topological polar surface area (TPSA) is 9.23 Å². The lowest BCUT2D eigenvalue weighted by Gasteiger charge is -2.12. The number of hydrogen-bond acceptors (Lipinski definition) is 1. The fourth-order valence-corrected chi connectivity index (χ4v) is 2.02. The van der Waals surface area contributed by atoms with Crippen LogP contribution in [0.15, 0.2) is 18.2 Å². The summed E-state index contributed by atoms with van der Waals surface area (Å²) in [6.45, 7) is 9.66. The molecule has 0 amide bonds. The van der Waals surface area contributed by atoms with E-state index in [0.717, 1.165) is 12.4 Å². The predicted molar refractivity (Wildman–Crippen MR) is 79.5 cm³/mol. The summed E-state index contributed by atoms with van der Waals surface area (Å²) in [5.74, 6) is 1.63. The fourth-order valence-electron chi connectivity index (χ4n) is 2.02. The monoisotopic (exact) mass is 248 g/mol. The molecule has 0 aromatic heterocycles. The quantitative estimate of drug-likeness (QED) is 0.554. The van der Waals surface area contributed by atoms with Gasteiger partial charge < -0.3 is 4.74 Å². The van der Waals surface area contributed by atoms with Crippen LogP contribution >= 0.6 is 0 Å². The molecular formula is C17H28O. The Labute approximate surface area is 113 Å². The van der Waals surface area contributed by atoms with Crippen LogP contribution in [-0.2, 0) is 0 Å². The second-order valence-electron chi connectivity index (χ2n) is 5.44. The maximum Gasteiger partial charge on any atom is 0.122 e. The molecule has 0 unspecified atom stereocenters. The van der Waals surface area contributed by atoms with Crippen molar-refractivity contribution in [1.29, 1.82) is 0 Å². The number of ether oxygens (including phenoxy) is 1. The molecule has 1 heteroatoms. The molecule has 0 N–H and O–H groups in total. The Bertz CT molecular complexity index is 341. The molecule has 1 nitrogen and oxygen atoms in total. The Morgan fingerprint density at radius 2 is 1.78 bits per heavy atom. The summed E-state index contributed by atoms with van der Waals surface area (Å²) >= 11 is 0. The summed E-state index contributed by atoms with van der Waals surface area (Å²) in [4.78, 5) is 0. The maximum absolute atomic E-state index is 5.91. The van der Waals surface area contributed by atoms with Crippen molar-refractivity contribution in [3.63, 3.8) is 0 Å². The van der Waals surface area contributed by atoms with Gasteiger partial charge in [0.05, 0.1) is 6.61 Å². The first-order chi connectivity index (χ1) is 8.65. The average molecular weight is 248 g/mol. The molecule has 0 radical (unpaired) electrons. The molecule has 0 spiro atoms. The van der Waals surface area contributed by atoms with Crippen LogP contribution in [0.3, 0.4) is 0 Å². The summed E-state index contributed by atoms with van der Waals surface area (Å²) in [5, 5.41) is 0. The van der Waals surface area contributed by atoms with Gasteiger partial charge in [0.1, 0.15) is 5.75 Å². The van der Waals surface area contributed by atoms with Crippen molar-refractivity contribution in [3.8, 4) is 5.75 Å². The third-order valence-electron chi connectivity index (χ3n) is 3.38. The van der Waals surface area contributed by atoms with Crippen molar-refractivity contribution in [2.45, 2.75) is 65.7 Å². The van der Waals surface area contributed by atoms with Crippen molar-refractivity contribution >= 4 is 0 Å². The molecule has 0 saturated carbocycles. The normalized spacial score (nSPS) is 10.9. The Morgan fingerprint density at radius 3 is 2.44 bits per heavy atom. The van der Waals surface area contributed by atoms with Gasteiger partial charge in [-0.25, -0.2) is 0 Å². The molecule has 0 saturated heterocycles. The molecule has 0 aliphatic carbocycles. The van der Waals surface area contributed by atoms with E-state index in [1.165, 1.54) is 43.2 Å². The largest absolute Gasteiger partial charge is 0.493 e. The second-order valence-corrected chi connectivity index (χ2v) is 5.44. The second kappa shape index (κ2) is 8.18. The predicted octanol–water partition coefficient (Wildman–Crippen LogP) is 5.47. The smallest absolute Gasteiger partial charge is 0.122 e. The molecule has 0 heterocycles. The minimum atomic E-state index is 0.567. The Morgan fingerprint density at radius 1 is 1.06 bits per heavy atom. The molecule has 1 aromatic rings. The van der Waals surface area contributed by atoms with E-state index in [9.17, 15) is 0 Å². The number of unbranched alkanes of at least 4 members (excludes halogenated alkanes) is 4. The molecule has 1 aromatic carbocycles. The highest BCUT2D eigenvalue weighted by molar-refractivity contribution is 5.37. The molecule has 18 heavy (non-hydrogen) atoms. The maximum atomic E-state index is 5.91. The van der Waals surface area contributed by atoms with E-state index in [4.69, 9.17) is 4.74 Å². The zero-order chi connectivity index (χ0) is 13.4. The van der Waals surface area contributed by atoms with Gasteiger partial charge in [-0.15, -0.1) is 0 Å². The minimum Gasteiger partial charge on any atom is -0.493 e. The minimum absolute atomic E-state index is 0.567. The van der Waals surface area contributed by atoms with Crippen molar-refractivity contribution in [1.82, 2.24) is 0 Å². The average Bonchev–Trinajstić information content (AvgIpc) is 2.35. The van der Waals surface area contributed by atoms with Crippen LogP contribution in [0.25, 0.3) is 0 Å². The lowest BCUT2D eigenvalue weighted by molar-refractivity contribution is 0.302. The van der Waals surface area contributed by atoms with Gasteiger partial charge in [0, 0.05) is 0 Å². The summed E-state index contributed by atoms with van der Waals surface area (Å²) in [6.07, 6.45) is 6.45. The van der Waals surface area contributed by atoms with Gasteiger partial charge in [0.2, 0.25) is 0 Å². The third-order valence-corrected chi connectivity index (χ3v) is 3.38. The molecule has 0 aliphatic heterocycles. The summed E-state index contributed by atoms with van der Waals surface area (Å²) in [7, 11) is 0. The van der Waals surface area contributed by atoms with E-state index in [2.05, 4.69) is 45.9 Å². The molecule has 102 valence electrons. The van der Waals surface area contributed by atoms with Gasteiger partial charge in [0.15, 0.2) is 0 Å². The highest BCUT2D eigenvalue weighted by atomic mass is 16.5. The summed E-state index contributed by atoms with van der Waals surface area (Å²) < 4.78 is 5.91. The van der Waals surface area contributed by atoms with Crippen LogP contribution in [0, 0.1) is 6.92 Å². The third kappa shape index (κ3) is 5.12. The van der Waals surface area contributed by atoms with Gasteiger partial charge in [-0.05, 0) is 36.5 Å². The first-order valence-electron chi connectivity index (χ1n) is 7.38. The van der Waals surface area contributed by atoms with Crippen molar-refractivity contribution < 1.29 is 4.74 Å². The fraction of sp³-hybridized carbons (Fsp3) is 0.647. The lowest BCUT2D eigenvalue weighted by atomic mass is 10.0. The Kier molecular flexibility index (Phi) is 6.85. The van der Waals surface area contributed by atoms with Gasteiger partial charge in [-0.3, -0.25) is 0 Å². The highest BCUT2D eigenvalue weighted by Gasteiger charge is 2.04. The first-order valence-corrected chi connectivity index (χ1v) is 7.38. The number of rotatable bonds is 8. The van der Waals surface area contributed by atoms with Crippen LogP contribution in [0.4, 0.5) is 0 Å².